The summed E-state index contributed by atoms with van der Waals surface area (Å²) in [4.78, 5) is 37.6. The van der Waals surface area contributed by atoms with E-state index in [9.17, 15) is 19.5 Å². The van der Waals surface area contributed by atoms with Crippen LogP contribution in [0.1, 0.15) is 71.1 Å². The van der Waals surface area contributed by atoms with Crippen LogP contribution in [0.4, 0.5) is 4.79 Å². The molecule has 0 saturated heterocycles. The van der Waals surface area contributed by atoms with E-state index >= 15 is 0 Å². The van der Waals surface area contributed by atoms with E-state index in [0.717, 1.165) is 12.8 Å². The predicted octanol–water partition coefficient (Wildman–Crippen LogP) is -5.39. The molecule has 0 unspecified atom stereocenters. The molecular formula is C17H30Na2O13S. The Bertz CT molecular complexity index is 594. The Morgan fingerprint density at radius 1 is 0.697 bits per heavy atom. The van der Waals surface area contributed by atoms with Crippen LogP contribution in [0.15, 0.2) is 12.2 Å². The van der Waals surface area contributed by atoms with Gasteiger partial charge < -0.3 is 35.1 Å². The minimum absolute atomic E-state index is 0. The zero-order valence-electron chi connectivity index (χ0n) is 19.1. The molecule has 0 amide bonds. The van der Waals surface area contributed by atoms with Gasteiger partial charge in [-0.1, -0.05) is 58.3 Å². The molecule has 13 nitrogen and oxygen atoms in total. The summed E-state index contributed by atoms with van der Waals surface area (Å²) in [5.74, 6) is -3.42. The Kier molecular flexibility index (Phi) is 46.4. The van der Waals surface area contributed by atoms with Gasteiger partial charge in [0.1, 0.15) is 0 Å². The Hall–Kier alpha value is -0.710. The minimum atomic E-state index is -4.67. The Balaban J connectivity index is -0.0000000817. The molecule has 0 heterocycles. The number of carbonyl (C=O) groups is 4. The van der Waals surface area contributed by atoms with E-state index in [-0.39, 0.29) is 65.5 Å². The van der Waals surface area contributed by atoms with Crippen LogP contribution in [0.5, 0.6) is 0 Å². The van der Waals surface area contributed by atoms with Crippen molar-refractivity contribution < 1.29 is 121 Å². The van der Waals surface area contributed by atoms with E-state index in [1.165, 1.54) is 44.9 Å². The van der Waals surface area contributed by atoms with Crippen LogP contribution in [0.2, 0.25) is 0 Å². The molecule has 0 aliphatic rings. The van der Waals surface area contributed by atoms with Crippen molar-refractivity contribution in [1.82, 2.24) is 0 Å². The van der Waals surface area contributed by atoms with Crippen molar-refractivity contribution in [2.45, 2.75) is 71.1 Å². The average Bonchev–Trinajstić information content (AvgIpc) is 2.57. The molecule has 0 aromatic rings. The van der Waals surface area contributed by atoms with E-state index in [4.69, 9.17) is 42.7 Å². The van der Waals surface area contributed by atoms with Crippen LogP contribution < -0.4 is 69.3 Å². The fourth-order valence-corrected chi connectivity index (χ4v) is 1.72. The third-order valence-electron chi connectivity index (χ3n) is 2.85. The average molecular weight is 520 g/mol. The summed E-state index contributed by atoms with van der Waals surface area (Å²) in [5, 5.41) is 41.0. The van der Waals surface area contributed by atoms with Crippen molar-refractivity contribution >= 4 is 34.5 Å². The molecular weight excluding hydrogens is 490 g/mol. The molecule has 0 saturated carbocycles. The first-order valence-corrected chi connectivity index (χ1v) is 10.5. The first kappa shape index (κ1) is 45.7. The molecule has 0 bridgehead atoms. The number of hydrogen-bond acceptors (Lipinski definition) is 8. The van der Waals surface area contributed by atoms with E-state index in [0.29, 0.717) is 12.2 Å². The van der Waals surface area contributed by atoms with Gasteiger partial charge in [0.15, 0.2) is 0 Å². The fourth-order valence-electron chi connectivity index (χ4n) is 1.72. The quantitative estimate of drug-likeness (QED) is 0.0698. The van der Waals surface area contributed by atoms with Gasteiger partial charge >= 0.3 is 81.5 Å². The van der Waals surface area contributed by atoms with Gasteiger partial charge in [-0.3, -0.25) is 9.11 Å². The first-order valence-electron chi connectivity index (χ1n) is 9.07. The van der Waals surface area contributed by atoms with Crippen LogP contribution in [-0.4, -0.2) is 56.9 Å². The molecule has 0 spiro atoms. The van der Waals surface area contributed by atoms with Gasteiger partial charge in [-0.25, -0.2) is 9.59 Å². The Labute approximate surface area is 237 Å². The van der Waals surface area contributed by atoms with Crippen molar-refractivity contribution in [2.24, 2.45) is 0 Å². The smallest absolute Gasteiger partial charge is 0.565 e. The molecule has 5 N–H and O–H groups in total. The van der Waals surface area contributed by atoms with Crippen LogP contribution in [0, 0.1) is 0 Å². The molecule has 0 radical (unpaired) electrons. The fraction of sp³-hybridized carbons (Fsp3) is 0.647. The molecule has 0 aliphatic carbocycles. The van der Waals surface area contributed by atoms with Gasteiger partial charge in [-0.05, 0) is 12.8 Å². The summed E-state index contributed by atoms with van der Waals surface area (Å²) in [6.07, 6.45) is 10.2. The molecule has 0 atom stereocenters. The van der Waals surface area contributed by atoms with Crippen molar-refractivity contribution in [2.75, 3.05) is 0 Å². The summed E-state index contributed by atoms with van der Waals surface area (Å²) in [7, 11) is -4.67. The normalized spacial score (nSPS) is 9.18. The van der Waals surface area contributed by atoms with Crippen LogP contribution in [-0.2, 0) is 24.8 Å². The van der Waals surface area contributed by atoms with E-state index in [2.05, 4.69) is 6.92 Å². The van der Waals surface area contributed by atoms with E-state index in [1.807, 2.05) is 0 Å². The second kappa shape index (κ2) is 33.5. The zero-order valence-corrected chi connectivity index (χ0v) is 24.0. The van der Waals surface area contributed by atoms with E-state index < -0.39 is 34.5 Å². The standard InChI is InChI=1S/C12H24O2.C4H4O4.CH2O3.2Na.H2O4S/c1-2-3-4-5-6-7-8-9-10-11-12(13)14;5-3(6)1-2-4(7)8;2-1(3)4;;;1-5(2,3)4/h2-11H2,1H3,(H,13,14);1-2H,(H,5,6)(H,7,8);(H2,2,3,4);;;(H2,1,2,3,4)/q;;;2*+1;/p-2/b;2-1-;;;;. The number of hydrogen-bond donors (Lipinski definition) is 5. The first-order chi connectivity index (χ1) is 14.1. The SMILES string of the molecule is CCCCCCCCCCCC(=O)[O-].O=C(O)/C=C\C(=O)O.O=C([O-])O.O=S(=O)(O)O.[Na+].[Na+]. The minimum Gasteiger partial charge on any atom is -0.565 e. The molecule has 0 fully saturated rings. The number of carboxylic acids is 3. The third kappa shape index (κ3) is 115. The van der Waals surface area contributed by atoms with Crippen LogP contribution >= 0.6 is 0 Å². The van der Waals surface area contributed by atoms with Gasteiger partial charge in [0.05, 0.1) is 0 Å². The monoisotopic (exact) mass is 520 g/mol. The second-order valence-corrected chi connectivity index (χ2v) is 6.57. The summed E-state index contributed by atoms with van der Waals surface area (Å²) in [6.45, 7) is 2.22. The summed E-state index contributed by atoms with van der Waals surface area (Å²) < 4.78 is 31.6. The maximum atomic E-state index is 10.1. The van der Waals surface area contributed by atoms with Crippen LogP contribution in [0.3, 0.4) is 0 Å². The third-order valence-corrected chi connectivity index (χ3v) is 2.85. The number of carbonyl (C=O) groups excluding carboxylic acids is 1. The van der Waals surface area contributed by atoms with Gasteiger partial charge in [-0.2, -0.15) is 8.42 Å². The van der Waals surface area contributed by atoms with Crippen LogP contribution in [0.25, 0.3) is 0 Å². The predicted molar refractivity (Wildman–Crippen MR) is 103 cm³/mol. The molecule has 33 heavy (non-hydrogen) atoms. The molecule has 0 aliphatic heterocycles. The molecule has 16 heteroatoms. The molecule has 0 aromatic heterocycles. The molecule has 184 valence electrons. The van der Waals surface area contributed by atoms with Gasteiger partial charge in [0.2, 0.25) is 6.16 Å². The van der Waals surface area contributed by atoms with Gasteiger partial charge in [-0.15, -0.1) is 0 Å². The summed E-state index contributed by atoms with van der Waals surface area (Å²) >= 11 is 0. The molecule has 0 aromatic carbocycles. The van der Waals surface area contributed by atoms with Crippen molar-refractivity contribution in [1.29, 1.82) is 0 Å². The van der Waals surface area contributed by atoms with E-state index in [1.54, 1.807) is 0 Å². The maximum absolute atomic E-state index is 10.1. The largest absolute Gasteiger partial charge is 1.00 e. The topological polar surface area (TPSA) is 250 Å². The van der Waals surface area contributed by atoms with Crippen molar-refractivity contribution in [3.63, 3.8) is 0 Å². The number of unbranched alkanes of at least 4 members (excludes halogenated alkanes) is 8. The number of aliphatic carboxylic acids is 3. The van der Waals surface area contributed by atoms with Gasteiger partial charge in [0, 0.05) is 18.1 Å². The van der Waals surface area contributed by atoms with Gasteiger partial charge in [0.25, 0.3) is 0 Å². The maximum Gasteiger partial charge on any atom is 1.00 e. The van der Waals surface area contributed by atoms with Crippen molar-refractivity contribution in [3.05, 3.63) is 12.2 Å². The number of carboxylic acid groups (broad SMARTS) is 5. The Morgan fingerprint density at radius 3 is 1.15 bits per heavy atom. The molecule has 0 rings (SSSR count). The second-order valence-electron chi connectivity index (χ2n) is 5.67. The Morgan fingerprint density at radius 2 is 0.939 bits per heavy atom. The summed E-state index contributed by atoms with van der Waals surface area (Å²) in [5.41, 5.74) is 0. The zero-order chi connectivity index (χ0) is 25.3. The van der Waals surface area contributed by atoms with Crippen molar-refractivity contribution in [3.8, 4) is 0 Å². The summed E-state index contributed by atoms with van der Waals surface area (Å²) in [6, 6.07) is 0. The number of rotatable bonds is 12.